The first-order valence-electron chi connectivity index (χ1n) is 6.85. The molecule has 7 nitrogen and oxygen atoms in total. The van der Waals surface area contributed by atoms with Crippen molar-refractivity contribution in [2.24, 2.45) is 0 Å². The number of pyridine rings is 1. The third-order valence-electron chi connectivity index (χ3n) is 3.19. The van der Waals surface area contributed by atoms with Crippen molar-refractivity contribution in [3.05, 3.63) is 29.6 Å². The summed E-state index contributed by atoms with van der Waals surface area (Å²) in [5, 5.41) is 2.72. The zero-order valence-electron chi connectivity index (χ0n) is 12.3. The molecular weight excluding hydrogens is 272 g/mol. The Hall–Kier alpha value is -2.15. The molecule has 2 rings (SSSR count). The number of rotatable bonds is 3. The summed E-state index contributed by atoms with van der Waals surface area (Å²) in [5.74, 6) is -0.0270. The highest BCUT2D eigenvalue weighted by molar-refractivity contribution is 5.94. The molecule has 1 N–H and O–H groups in total. The van der Waals surface area contributed by atoms with Crippen molar-refractivity contribution >= 4 is 11.9 Å². The minimum Gasteiger partial charge on any atom is -0.378 e. The second-order valence-corrected chi connectivity index (χ2v) is 4.99. The first kappa shape index (κ1) is 15.2. The second kappa shape index (κ2) is 7.03. The van der Waals surface area contributed by atoms with Gasteiger partial charge in [-0.3, -0.25) is 9.78 Å². The highest BCUT2D eigenvalue weighted by Crippen LogP contribution is 2.08. The molecule has 114 valence electrons. The minimum atomic E-state index is -0.193. The quantitative estimate of drug-likeness (QED) is 0.871. The first-order chi connectivity index (χ1) is 10.1. The Bertz CT molecular complexity index is 513. The van der Waals surface area contributed by atoms with Crippen LogP contribution in [0.25, 0.3) is 0 Å². The van der Waals surface area contributed by atoms with Gasteiger partial charge in [0.15, 0.2) is 0 Å². The predicted molar refractivity (Wildman–Crippen MR) is 76.9 cm³/mol. The van der Waals surface area contributed by atoms with Gasteiger partial charge < -0.3 is 19.9 Å². The van der Waals surface area contributed by atoms with E-state index < -0.39 is 0 Å². The Morgan fingerprint density at radius 2 is 2.10 bits per heavy atom. The van der Waals surface area contributed by atoms with Crippen molar-refractivity contribution in [2.45, 2.75) is 6.54 Å². The van der Waals surface area contributed by atoms with Crippen LogP contribution in [0.15, 0.2) is 18.3 Å². The normalized spacial score (nSPS) is 14.7. The van der Waals surface area contributed by atoms with Crippen LogP contribution in [0.5, 0.6) is 0 Å². The fourth-order valence-corrected chi connectivity index (χ4v) is 1.98. The maximum Gasteiger partial charge on any atom is 0.317 e. The zero-order chi connectivity index (χ0) is 15.2. The predicted octanol–water partition coefficient (Wildman–Crippen LogP) is 0.325. The van der Waals surface area contributed by atoms with Gasteiger partial charge in [0.25, 0.3) is 5.91 Å². The van der Waals surface area contributed by atoms with Gasteiger partial charge in [0.2, 0.25) is 0 Å². The third-order valence-corrected chi connectivity index (χ3v) is 3.19. The van der Waals surface area contributed by atoms with Gasteiger partial charge in [-0.15, -0.1) is 0 Å². The number of urea groups is 1. The van der Waals surface area contributed by atoms with Crippen LogP contribution < -0.4 is 5.32 Å². The number of carbonyl (C=O) groups excluding carboxylic acids is 2. The van der Waals surface area contributed by atoms with Crippen molar-refractivity contribution in [3.8, 4) is 0 Å². The molecule has 0 saturated carbocycles. The Morgan fingerprint density at radius 1 is 1.38 bits per heavy atom. The topological polar surface area (TPSA) is 74.8 Å². The van der Waals surface area contributed by atoms with Crippen molar-refractivity contribution in [2.75, 3.05) is 40.4 Å². The third kappa shape index (κ3) is 4.16. The molecule has 7 heteroatoms. The van der Waals surface area contributed by atoms with E-state index in [-0.39, 0.29) is 11.9 Å². The van der Waals surface area contributed by atoms with Crippen LogP contribution in [0.2, 0.25) is 0 Å². The van der Waals surface area contributed by atoms with E-state index in [0.717, 1.165) is 0 Å². The summed E-state index contributed by atoms with van der Waals surface area (Å²) >= 11 is 0. The number of nitrogens with zero attached hydrogens (tertiary/aromatic N) is 3. The van der Waals surface area contributed by atoms with E-state index in [9.17, 15) is 9.59 Å². The maximum absolute atomic E-state index is 12.3. The summed E-state index contributed by atoms with van der Waals surface area (Å²) in [6, 6.07) is 3.21. The van der Waals surface area contributed by atoms with Gasteiger partial charge in [0.1, 0.15) is 0 Å². The van der Waals surface area contributed by atoms with Crippen molar-refractivity contribution < 1.29 is 14.3 Å². The van der Waals surface area contributed by atoms with Crippen LogP contribution in [0, 0.1) is 0 Å². The van der Waals surface area contributed by atoms with Gasteiger partial charge in [-0.05, 0) is 12.1 Å². The molecule has 0 bridgehead atoms. The molecule has 0 spiro atoms. The summed E-state index contributed by atoms with van der Waals surface area (Å²) in [6.45, 7) is 2.65. The fraction of sp³-hybridized carbons (Fsp3) is 0.500. The van der Waals surface area contributed by atoms with Gasteiger partial charge in [-0.2, -0.15) is 0 Å². The molecule has 1 aliphatic heterocycles. The first-order valence-corrected chi connectivity index (χ1v) is 6.85. The lowest BCUT2D eigenvalue weighted by molar-refractivity contribution is 0.0302. The number of amides is 3. The highest BCUT2D eigenvalue weighted by atomic mass is 16.5. The fourth-order valence-electron chi connectivity index (χ4n) is 1.98. The van der Waals surface area contributed by atoms with E-state index in [1.165, 1.54) is 4.90 Å². The lowest BCUT2D eigenvalue weighted by Gasteiger charge is -2.26. The summed E-state index contributed by atoms with van der Waals surface area (Å²) in [6.07, 6.45) is 1.59. The number of carbonyl (C=O) groups is 2. The number of nitrogens with one attached hydrogen (secondary N) is 1. The molecule has 0 aliphatic carbocycles. The second-order valence-electron chi connectivity index (χ2n) is 4.99. The van der Waals surface area contributed by atoms with E-state index >= 15 is 0 Å². The Morgan fingerprint density at radius 3 is 2.76 bits per heavy atom. The molecule has 1 aromatic heterocycles. The average Bonchev–Trinajstić information content (AvgIpc) is 2.53. The molecule has 0 unspecified atom stereocenters. The van der Waals surface area contributed by atoms with Crippen LogP contribution in [0.1, 0.15) is 16.1 Å². The van der Waals surface area contributed by atoms with E-state index in [4.69, 9.17) is 4.74 Å². The molecule has 1 aliphatic rings. The van der Waals surface area contributed by atoms with E-state index in [1.54, 1.807) is 37.3 Å². The molecule has 21 heavy (non-hydrogen) atoms. The van der Waals surface area contributed by atoms with Crippen molar-refractivity contribution in [3.63, 3.8) is 0 Å². The number of ether oxygens (including phenoxy) is 1. The number of morpholine rings is 1. The monoisotopic (exact) mass is 292 g/mol. The number of aromatic nitrogens is 1. The maximum atomic E-state index is 12.3. The molecule has 2 heterocycles. The molecule has 3 amide bonds. The van der Waals surface area contributed by atoms with Crippen LogP contribution >= 0.6 is 0 Å². The van der Waals surface area contributed by atoms with Crippen LogP contribution in [-0.2, 0) is 11.3 Å². The lowest BCUT2D eigenvalue weighted by Crippen LogP contribution is -2.40. The molecule has 1 aromatic rings. The Balaban J connectivity index is 1.99. The summed E-state index contributed by atoms with van der Waals surface area (Å²) in [4.78, 5) is 31.2. The minimum absolute atomic E-state index is 0.0270. The van der Waals surface area contributed by atoms with E-state index in [1.807, 2.05) is 0 Å². The Kier molecular flexibility index (Phi) is 5.10. The van der Waals surface area contributed by atoms with Gasteiger partial charge in [0, 0.05) is 38.9 Å². The summed E-state index contributed by atoms with van der Waals surface area (Å²) in [5.41, 5.74) is 1.24. The number of hydrogen-bond acceptors (Lipinski definition) is 4. The highest BCUT2D eigenvalue weighted by Gasteiger charge is 2.18. The molecule has 1 fully saturated rings. The van der Waals surface area contributed by atoms with Crippen LogP contribution in [-0.4, -0.2) is 67.1 Å². The van der Waals surface area contributed by atoms with Crippen molar-refractivity contribution in [1.29, 1.82) is 0 Å². The molecule has 1 saturated heterocycles. The SMILES string of the molecule is CN(C)C(=O)NCc1cc(C(=O)N2CCOCC2)ccn1. The largest absolute Gasteiger partial charge is 0.378 e. The molecule has 0 aromatic carbocycles. The smallest absolute Gasteiger partial charge is 0.317 e. The number of hydrogen-bond donors (Lipinski definition) is 1. The average molecular weight is 292 g/mol. The summed E-state index contributed by atoms with van der Waals surface area (Å²) < 4.78 is 5.24. The summed E-state index contributed by atoms with van der Waals surface area (Å²) in [7, 11) is 3.34. The zero-order valence-corrected chi connectivity index (χ0v) is 12.3. The van der Waals surface area contributed by atoms with Gasteiger partial charge in [0.05, 0.1) is 25.5 Å². The molecular formula is C14H20N4O3. The van der Waals surface area contributed by atoms with E-state index in [0.29, 0.717) is 44.1 Å². The van der Waals surface area contributed by atoms with E-state index in [2.05, 4.69) is 10.3 Å². The lowest BCUT2D eigenvalue weighted by atomic mass is 10.2. The van der Waals surface area contributed by atoms with Gasteiger partial charge >= 0.3 is 6.03 Å². The van der Waals surface area contributed by atoms with Gasteiger partial charge in [-0.1, -0.05) is 0 Å². The standard InChI is InChI=1S/C14H20N4O3/c1-17(2)14(20)16-10-12-9-11(3-4-15-12)13(19)18-5-7-21-8-6-18/h3-4,9H,5-8,10H2,1-2H3,(H,16,20). The molecule has 0 radical (unpaired) electrons. The van der Waals surface area contributed by atoms with Crippen LogP contribution in [0.3, 0.4) is 0 Å². The molecule has 0 atom stereocenters. The van der Waals surface area contributed by atoms with Gasteiger partial charge in [-0.25, -0.2) is 4.79 Å². The van der Waals surface area contributed by atoms with Crippen molar-refractivity contribution in [1.82, 2.24) is 20.1 Å². The Labute approximate surface area is 123 Å². The van der Waals surface area contributed by atoms with Crippen LogP contribution in [0.4, 0.5) is 4.79 Å².